The fourth-order valence-corrected chi connectivity index (χ4v) is 1.41. The molecule has 0 aliphatic carbocycles. The van der Waals surface area contributed by atoms with E-state index in [9.17, 15) is 0 Å². The molecule has 0 aliphatic heterocycles. The summed E-state index contributed by atoms with van der Waals surface area (Å²) in [7, 11) is 4.09. The minimum atomic E-state index is 0.0386. The van der Waals surface area contributed by atoms with E-state index >= 15 is 0 Å². The highest BCUT2D eigenvalue weighted by Gasteiger charge is 2.20. The van der Waals surface area contributed by atoms with E-state index in [0.29, 0.717) is 9.63 Å². The molecule has 1 aromatic heterocycles. The van der Waals surface area contributed by atoms with Gasteiger partial charge in [-0.05, 0) is 43.9 Å². The van der Waals surface area contributed by atoms with E-state index in [4.69, 9.17) is 11.6 Å². The first-order valence-electron chi connectivity index (χ1n) is 4.92. The Balaban J connectivity index is 2.72. The number of halogens is 2. The molecule has 16 heavy (non-hydrogen) atoms. The van der Waals surface area contributed by atoms with Crippen molar-refractivity contribution in [3.63, 3.8) is 0 Å². The molecule has 0 unspecified atom stereocenters. The molecule has 0 amide bonds. The Morgan fingerprint density at radius 3 is 2.62 bits per heavy atom. The van der Waals surface area contributed by atoms with Gasteiger partial charge in [-0.3, -0.25) is 0 Å². The average Bonchev–Trinajstić information content (AvgIpc) is 2.20. The van der Waals surface area contributed by atoms with Crippen molar-refractivity contribution >= 4 is 33.3 Å². The third-order valence-corrected chi connectivity index (χ3v) is 3.91. The van der Waals surface area contributed by atoms with Crippen molar-refractivity contribution in [1.29, 1.82) is 0 Å². The Hall–Kier alpha value is -0.390. The van der Waals surface area contributed by atoms with Crippen LogP contribution in [0.1, 0.15) is 13.8 Å². The third-order valence-electron chi connectivity index (χ3n) is 2.65. The van der Waals surface area contributed by atoms with Gasteiger partial charge < -0.3 is 10.2 Å². The van der Waals surface area contributed by atoms with Crippen molar-refractivity contribution in [3.8, 4) is 0 Å². The number of nitrogens with zero attached hydrogens (tertiary/aromatic N) is 3. The van der Waals surface area contributed by atoms with Crippen LogP contribution in [0.5, 0.6) is 0 Å². The monoisotopic (exact) mass is 306 g/mol. The molecule has 0 spiro atoms. The number of anilines is 1. The maximum Gasteiger partial charge on any atom is 0.148 e. The molecule has 1 aromatic rings. The maximum absolute atomic E-state index is 5.88. The van der Waals surface area contributed by atoms with Crippen LogP contribution in [0.15, 0.2) is 10.8 Å². The second kappa shape index (κ2) is 5.29. The van der Waals surface area contributed by atoms with Gasteiger partial charge in [0.15, 0.2) is 0 Å². The predicted molar refractivity (Wildman–Crippen MR) is 71.0 cm³/mol. The van der Waals surface area contributed by atoms with Gasteiger partial charge in [0.2, 0.25) is 0 Å². The standard InChI is InChI=1S/C10H16BrClN4/c1-10(2,16(3)4)5-13-9-7(11)8(12)14-6-15-9/h6H,5H2,1-4H3,(H,13,14,15). The molecule has 0 aromatic carbocycles. The molecule has 6 heteroatoms. The molecule has 4 nitrogen and oxygen atoms in total. The first-order chi connectivity index (χ1) is 7.34. The van der Waals surface area contributed by atoms with Gasteiger partial charge in [-0.15, -0.1) is 0 Å². The fourth-order valence-electron chi connectivity index (χ4n) is 0.930. The first-order valence-corrected chi connectivity index (χ1v) is 6.09. The third kappa shape index (κ3) is 3.30. The molecule has 0 saturated carbocycles. The lowest BCUT2D eigenvalue weighted by molar-refractivity contribution is 0.210. The number of hydrogen-bond acceptors (Lipinski definition) is 4. The second-order valence-electron chi connectivity index (χ2n) is 4.39. The topological polar surface area (TPSA) is 41.0 Å². The zero-order chi connectivity index (χ0) is 12.3. The summed E-state index contributed by atoms with van der Waals surface area (Å²) in [4.78, 5) is 10.2. The highest BCUT2D eigenvalue weighted by Crippen LogP contribution is 2.26. The van der Waals surface area contributed by atoms with E-state index in [1.54, 1.807) is 0 Å². The van der Waals surface area contributed by atoms with E-state index in [0.717, 1.165) is 12.4 Å². The molecule has 1 rings (SSSR count). The maximum atomic E-state index is 5.88. The summed E-state index contributed by atoms with van der Waals surface area (Å²) in [5.41, 5.74) is 0.0386. The zero-order valence-corrected chi connectivity index (χ0v) is 12.2. The van der Waals surface area contributed by atoms with Crippen molar-refractivity contribution in [3.05, 3.63) is 16.0 Å². The molecule has 1 heterocycles. The first kappa shape index (κ1) is 13.7. The number of rotatable bonds is 4. The quantitative estimate of drug-likeness (QED) is 0.868. The molecule has 0 aliphatic rings. The Morgan fingerprint density at radius 1 is 1.44 bits per heavy atom. The molecule has 0 bridgehead atoms. The highest BCUT2D eigenvalue weighted by atomic mass is 79.9. The van der Waals surface area contributed by atoms with Crippen molar-refractivity contribution in [1.82, 2.24) is 14.9 Å². The lowest BCUT2D eigenvalue weighted by Crippen LogP contribution is -2.44. The van der Waals surface area contributed by atoms with E-state index in [-0.39, 0.29) is 5.54 Å². The minimum Gasteiger partial charge on any atom is -0.367 e. The zero-order valence-electron chi connectivity index (χ0n) is 9.88. The number of aromatic nitrogens is 2. The number of likely N-dealkylation sites (N-methyl/N-ethyl adjacent to an activating group) is 1. The van der Waals surface area contributed by atoms with Crippen molar-refractivity contribution in [2.45, 2.75) is 19.4 Å². The SMILES string of the molecule is CN(C)C(C)(C)CNc1ncnc(Cl)c1Br. The van der Waals surface area contributed by atoms with Gasteiger partial charge in [-0.25, -0.2) is 9.97 Å². The van der Waals surface area contributed by atoms with Crippen LogP contribution in [-0.4, -0.2) is 41.0 Å². The normalized spacial score (nSPS) is 11.9. The van der Waals surface area contributed by atoms with Gasteiger partial charge in [0.05, 0.1) is 4.47 Å². The molecule has 90 valence electrons. The van der Waals surface area contributed by atoms with Gasteiger partial charge in [0.1, 0.15) is 17.3 Å². The predicted octanol–water partition coefficient (Wildman–Crippen LogP) is 2.64. The van der Waals surface area contributed by atoms with Crippen molar-refractivity contribution < 1.29 is 0 Å². The van der Waals surface area contributed by atoms with Crippen LogP contribution in [0.2, 0.25) is 5.15 Å². The van der Waals surface area contributed by atoms with Crippen LogP contribution in [0.25, 0.3) is 0 Å². The Morgan fingerprint density at radius 2 is 2.06 bits per heavy atom. The lowest BCUT2D eigenvalue weighted by Gasteiger charge is -2.32. The minimum absolute atomic E-state index is 0.0386. The van der Waals surface area contributed by atoms with Crippen LogP contribution < -0.4 is 5.32 Å². The van der Waals surface area contributed by atoms with Gasteiger partial charge in [0, 0.05) is 12.1 Å². The second-order valence-corrected chi connectivity index (χ2v) is 5.54. The summed E-state index contributed by atoms with van der Waals surface area (Å²) in [6.07, 6.45) is 1.44. The smallest absolute Gasteiger partial charge is 0.148 e. The van der Waals surface area contributed by atoms with Gasteiger partial charge >= 0.3 is 0 Å². The van der Waals surface area contributed by atoms with Crippen molar-refractivity contribution in [2.75, 3.05) is 26.0 Å². The number of nitrogens with one attached hydrogen (secondary N) is 1. The molecule has 0 atom stereocenters. The van der Waals surface area contributed by atoms with Crippen LogP contribution in [0.3, 0.4) is 0 Å². The molecular formula is C10H16BrClN4. The Bertz CT molecular complexity index is 368. The highest BCUT2D eigenvalue weighted by molar-refractivity contribution is 9.10. The average molecular weight is 308 g/mol. The molecule has 0 radical (unpaired) electrons. The van der Waals surface area contributed by atoms with Crippen LogP contribution >= 0.6 is 27.5 Å². The van der Waals surface area contributed by atoms with Crippen LogP contribution in [-0.2, 0) is 0 Å². The van der Waals surface area contributed by atoms with Crippen molar-refractivity contribution in [2.24, 2.45) is 0 Å². The summed E-state index contributed by atoms with van der Waals surface area (Å²) in [6, 6.07) is 0. The Labute approximate surface area is 110 Å². The van der Waals surface area contributed by atoms with Gasteiger partial charge in [0.25, 0.3) is 0 Å². The number of hydrogen-bond donors (Lipinski definition) is 1. The summed E-state index contributed by atoms with van der Waals surface area (Å²) >= 11 is 9.23. The van der Waals surface area contributed by atoms with Crippen LogP contribution in [0.4, 0.5) is 5.82 Å². The van der Waals surface area contributed by atoms with E-state index in [2.05, 4.69) is 50.0 Å². The molecular weight excluding hydrogens is 291 g/mol. The van der Waals surface area contributed by atoms with E-state index < -0.39 is 0 Å². The van der Waals surface area contributed by atoms with E-state index in [1.807, 2.05) is 14.1 Å². The molecule has 1 N–H and O–H groups in total. The molecule has 0 fully saturated rings. The fraction of sp³-hybridized carbons (Fsp3) is 0.600. The summed E-state index contributed by atoms with van der Waals surface area (Å²) in [6.45, 7) is 5.07. The van der Waals surface area contributed by atoms with Gasteiger partial charge in [-0.2, -0.15) is 0 Å². The summed E-state index contributed by atoms with van der Waals surface area (Å²) in [5.74, 6) is 0.718. The summed E-state index contributed by atoms with van der Waals surface area (Å²) < 4.78 is 0.700. The van der Waals surface area contributed by atoms with Gasteiger partial charge in [-0.1, -0.05) is 11.6 Å². The summed E-state index contributed by atoms with van der Waals surface area (Å²) in [5, 5.41) is 3.67. The largest absolute Gasteiger partial charge is 0.367 e. The Kier molecular flexibility index (Phi) is 4.52. The lowest BCUT2D eigenvalue weighted by atomic mass is 10.0. The van der Waals surface area contributed by atoms with E-state index in [1.165, 1.54) is 6.33 Å². The molecule has 0 saturated heterocycles. The van der Waals surface area contributed by atoms with Crippen LogP contribution in [0, 0.1) is 0 Å².